The van der Waals surface area contributed by atoms with Gasteiger partial charge in [-0.2, -0.15) is 0 Å². The third-order valence-electron chi connectivity index (χ3n) is 2.84. The number of hydrogen-bond donors (Lipinski definition) is 0. The van der Waals surface area contributed by atoms with E-state index in [0.29, 0.717) is 0 Å². The summed E-state index contributed by atoms with van der Waals surface area (Å²) in [6.07, 6.45) is 18.4. The van der Waals surface area contributed by atoms with Gasteiger partial charge in [0, 0.05) is 0 Å². The highest BCUT2D eigenvalue weighted by Gasteiger charge is 2.14. The van der Waals surface area contributed by atoms with E-state index in [4.69, 9.17) is 0 Å². The average Bonchev–Trinajstić information content (AvgIpc) is 2.84. The maximum absolute atomic E-state index is 3.47. The van der Waals surface area contributed by atoms with E-state index in [1.165, 1.54) is 36.0 Å². The van der Waals surface area contributed by atoms with Crippen molar-refractivity contribution in [1.29, 1.82) is 0 Å². The predicted octanol–water partition coefficient (Wildman–Crippen LogP) is 4.12. The van der Waals surface area contributed by atoms with Crippen molar-refractivity contribution in [1.82, 2.24) is 0 Å². The number of unbranched alkanes of at least 4 members (excludes halogenated alkanes) is 1. The van der Waals surface area contributed by atoms with Crippen LogP contribution in [0.5, 0.6) is 0 Å². The Kier molecular flexibility index (Phi) is 3.03. The van der Waals surface area contributed by atoms with Crippen LogP contribution in [-0.2, 0) is 0 Å². The first-order valence-corrected chi connectivity index (χ1v) is 5.58. The molecule has 0 saturated heterocycles. The SMILES string of the molecule is CCCCC1=CC[C]=C1C1=CC=CC1. The summed E-state index contributed by atoms with van der Waals surface area (Å²) in [5.41, 5.74) is 4.40. The van der Waals surface area contributed by atoms with Gasteiger partial charge in [-0.05, 0) is 48.5 Å². The molecule has 73 valence electrons. The van der Waals surface area contributed by atoms with Crippen LogP contribution < -0.4 is 0 Å². The average molecular weight is 185 g/mol. The Balaban J connectivity index is 2.02. The van der Waals surface area contributed by atoms with Gasteiger partial charge in [-0.15, -0.1) is 0 Å². The third kappa shape index (κ3) is 1.89. The van der Waals surface area contributed by atoms with Crippen molar-refractivity contribution in [3.8, 4) is 0 Å². The first-order valence-electron chi connectivity index (χ1n) is 5.58. The summed E-state index contributed by atoms with van der Waals surface area (Å²) in [6.45, 7) is 2.25. The number of rotatable bonds is 4. The molecule has 0 aliphatic heterocycles. The van der Waals surface area contributed by atoms with E-state index in [0.717, 1.165) is 12.8 Å². The molecule has 0 aromatic rings. The minimum absolute atomic E-state index is 1.02. The molecule has 0 nitrogen and oxygen atoms in total. The van der Waals surface area contributed by atoms with Crippen LogP contribution in [0.4, 0.5) is 0 Å². The van der Waals surface area contributed by atoms with Crippen LogP contribution >= 0.6 is 0 Å². The Morgan fingerprint density at radius 3 is 3.07 bits per heavy atom. The lowest BCUT2D eigenvalue weighted by atomic mass is 9.96. The van der Waals surface area contributed by atoms with E-state index in [1.54, 1.807) is 0 Å². The molecule has 0 N–H and O–H groups in total. The molecular formula is C14H17. The standard InChI is InChI=1S/C14H17/c1-2-3-7-12-10-6-11-14(12)13-8-4-5-9-13/h4-5,8,10H,2-3,6-7,9H2,1H3. The van der Waals surface area contributed by atoms with E-state index in [2.05, 4.69) is 37.3 Å². The van der Waals surface area contributed by atoms with Gasteiger partial charge in [0.05, 0.1) is 0 Å². The molecule has 0 unspecified atom stereocenters. The van der Waals surface area contributed by atoms with Gasteiger partial charge in [0.1, 0.15) is 0 Å². The second-order valence-corrected chi connectivity index (χ2v) is 3.91. The molecule has 0 bridgehead atoms. The minimum atomic E-state index is 1.02. The molecule has 0 saturated carbocycles. The van der Waals surface area contributed by atoms with Crippen molar-refractivity contribution in [2.75, 3.05) is 0 Å². The largest absolute Gasteiger partial charge is 0.0801 e. The molecule has 0 heteroatoms. The Bertz CT molecular complexity index is 324. The van der Waals surface area contributed by atoms with Crippen LogP contribution in [0.2, 0.25) is 0 Å². The van der Waals surface area contributed by atoms with Crippen LogP contribution in [0.1, 0.15) is 39.0 Å². The highest BCUT2D eigenvalue weighted by atomic mass is 14.2. The number of allylic oxidation sites excluding steroid dienone is 8. The summed E-state index contributed by atoms with van der Waals surface area (Å²) in [4.78, 5) is 0. The lowest BCUT2D eigenvalue weighted by molar-refractivity contribution is 0.793. The van der Waals surface area contributed by atoms with E-state index in [-0.39, 0.29) is 0 Å². The van der Waals surface area contributed by atoms with Gasteiger partial charge >= 0.3 is 0 Å². The Morgan fingerprint density at radius 2 is 2.36 bits per heavy atom. The number of hydrogen-bond acceptors (Lipinski definition) is 0. The van der Waals surface area contributed by atoms with E-state index >= 15 is 0 Å². The molecule has 1 radical (unpaired) electrons. The molecule has 0 amide bonds. The van der Waals surface area contributed by atoms with Crippen LogP contribution in [0.15, 0.2) is 41.0 Å². The molecule has 2 rings (SSSR count). The van der Waals surface area contributed by atoms with Gasteiger partial charge in [-0.1, -0.05) is 37.6 Å². The first-order chi connectivity index (χ1) is 6.92. The predicted molar refractivity (Wildman–Crippen MR) is 60.8 cm³/mol. The smallest absolute Gasteiger partial charge is 0.00822 e. The van der Waals surface area contributed by atoms with Crippen LogP contribution in [0.3, 0.4) is 0 Å². The van der Waals surface area contributed by atoms with Gasteiger partial charge in [-0.3, -0.25) is 0 Å². The topological polar surface area (TPSA) is 0 Å². The van der Waals surface area contributed by atoms with Crippen molar-refractivity contribution >= 4 is 0 Å². The zero-order valence-corrected chi connectivity index (χ0v) is 8.84. The van der Waals surface area contributed by atoms with Gasteiger partial charge in [0.25, 0.3) is 0 Å². The highest BCUT2D eigenvalue weighted by Crippen LogP contribution is 2.32. The monoisotopic (exact) mass is 185 g/mol. The second kappa shape index (κ2) is 4.45. The maximum atomic E-state index is 3.47. The Hall–Kier alpha value is -1.04. The lowest BCUT2D eigenvalue weighted by Gasteiger charge is -2.08. The maximum Gasteiger partial charge on any atom is -0.00822 e. The molecule has 0 aromatic heterocycles. The minimum Gasteiger partial charge on any atom is -0.0801 e. The molecule has 0 aromatic carbocycles. The van der Waals surface area contributed by atoms with Crippen molar-refractivity contribution in [3.05, 3.63) is 47.1 Å². The van der Waals surface area contributed by atoms with E-state index in [9.17, 15) is 0 Å². The molecule has 0 spiro atoms. The summed E-state index contributed by atoms with van der Waals surface area (Å²) in [5.74, 6) is 0. The first kappa shape index (κ1) is 9.51. The molecule has 2 aliphatic rings. The Labute approximate surface area is 86.7 Å². The van der Waals surface area contributed by atoms with E-state index < -0.39 is 0 Å². The summed E-state index contributed by atoms with van der Waals surface area (Å²) in [6, 6.07) is 0. The summed E-state index contributed by atoms with van der Waals surface area (Å²) in [5, 5.41) is 0. The fraction of sp³-hybridized carbons (Fsp3) is 0.429. The lowest BCUT2D eigenvalue weighted by Crippen LogP contribution is -1.90. The van der Waals surface area contributed by atoms with Crippen molar-refractivity contribution in [3.63, 3.8) is 0 Å². The normalized spacial score (nSPS) is 19.6. The molecule has 2 aliphatic carbocycles. The summed E-state index contributed by atoms with van der Waals surface area (Å²) >= 11 is 0. The van der Waals surface area contributed by atoms with Gasteiger partial charge in [-0.25, -0.2) is 0 Å². The van der Waals surface area contributed by atoms with Crippen molar-refractivity contribution < 1.29 is 0 Å². The summed E-state index contributed by atoms with van der Waals surface area (Å²) < 4.78 is 0. The highest BCUT2D eigenvalue weighted by molar-refractivity contribution is 5.52. The van der Waals surface area contributed by atoms with Gasteiger partial charge in [0.2, 0.25) is 0 Å². The second-order valence-electron chi connectivity index (χ2n) is 3.91. The van der Waals surface area contributed by atoms with Gasteiger partial charge in [0.15, 0.2) is 0 Å². The van der Waals surface area contributed by atoms with Crippen LogP contribution in [-0.4, -0.2) is 0 Å². The van der Waals surface area contributed by atoms with Crippen molar-refractivity contribution in [2.45, 2.75) is 39.0 Å². The Morgan fingerprint density at radius 1 is 1.43 bits per heavy atom. The fourth-order valence-electron chi connectivity index (χ4n) is 2.04. The molecule has 14 heavy (non-hydrogen) atoms. The van der Waals surface area contributed by atoms with Crippen LogP contribution in [0.25, 0.3) is 0 Å². The zero-order valence-electron chi connectivity index (χ0n) is 8.84. The third-order valence-corrected chi connectivity index (χ3v) is 2.84. The molecule has 0 fully saturated rings. The molecule has 0 atom stereocenters. The molecule has 0 heterocycles. The summed E-state index contributed by atoms with van der Waals surface area (Å²) in [7, 11) is 0. The fourth-order valence-corrected chi connectivity index (χ4v) is 2.04. The van der Waals surface area contributed by atoms with Crippen LogP contribution in [0, 0.1) is 6.08 Å². The molecular weight excluding hydrogens is 168 g/mol. The quantitative estimate of drug-likeness (QED) is 0.618. The van der Waals surface area contributed by atoms with Gasteiger partial charge < -0.3 is 0 Å². The zero-order chi connectivity index (χ0) is 9.80. The van der Waals surface area contributed by atoms with Crippen molar-refractivity contribution in [2.24, 2.45) is 0 Å². The van der Waals surface area contributed by atoms with E-state index in [1.807, 2.05) is 0 Å².